The summed E-state index contributed by atoms with van der Waals surface area (Å²) in [6, 6.07) is 8.09. The molecule has 0 spiro atoms. The summed E-state index contributed by atoms with van der Waals surface area (Å²) >= 11 is 0. The molecule has 1 aromatic carbocycles. The van der Waals surface area contributed by atoms with Crippen LogP contribution in [0.4, 0.5) is 11.4 Å². The van der Waals surface area contributed by atoms with Crippen LogP contribution in [-0.4, -0.2) is 49.1 Å². The van der Waals surface area contributed by atoms with Crippen molar-refractivity contribution in [2.45, 2.75) is 39.5 Å². The molecule has 1 amide bonds. The standard InChI is InChI=1S/C28H30N8O/c1-3-5-10-36(4-2)24-16-30-15-23-26(24)33-27(32-23)25-21-12-18(8-9-22(21)34-35-25)19-11-20(14-29-13-19)31-28(37)17-6-7-17/h8-9,11-17H,3-7,10H2,1-2H3,(H,31,37)(H,32,33)(H,34,35). The van der Waals surface area contributed by atoms with E-state index >= 15 is 0 Å². The van der Waals surface area contributed by atoms with E-state index in [0.29, 0.717) is 11.5 Å². The van der Waals surface area contributed by atoms with E-state index in [-0.39, 0.29) is 11.8 Å². The maximum absolute atomic E-state index is 12.2. The number of anilines is 2. The number of amides is 1. The van der Waals surface area contributed by atoms with Crippen LogP contribution in [0.5, 0.6) is 0 Å². The van der Waals surface area contributed by atoms with Crippen molar-refractivity contribution in [2.75, 3.05) is 23.3 Å². The summed E-state index contributed by atoms with van der Waals surface area (Å²) in [4.78, 5) is 31.8. The first-order valence-electron chi connectivity index (χ1n) is 13.0. The van der Waals surface area contributed by atoms with Crippen molar-refractivity contribution in [1.29, 1.82) is 0 Å². The van der Waals surface area contributed by atoms with Crippen molar-refractivity contribution < 1.29 is 4.79 Å². The zero-order valence-electron chi connectivity index (χ0n) is 21.1. The number of hydrogen-bond acceptors (Lipinski definition) is 6. The summed E-state index contributed by atoms with van der Waals surface area (Å²) in [7, 11) is 0. The molecule has 4 aromatic heterocycles. The van der Waals surface area contributed by atoms with Gasteiger partial charge in [0.05, 0.1) is 41.0 Å². The van der Waals surface area contributed by atoms with Crippen LogP contribution in [0.1, 0.15) is 39.5 Å². The van der Waals surface area contributed by atoms with E-state index in [9.17, 15) is 4.79 Å². The average Bonchev–Trinajstić information content (AvgIpc) is 3.55. The van der Waals surface area contributed by atoms with Gasteiger partial charge in [-0.15, -0.1) is 0 Å². The molecule has 9 nitrogen and oxygen atoms in total. The largest absolute Gasteiger partial charge is 0.369 e. The zero-order chi connectivity index (χ0) is 25.4. The fourth-order valence-corrected chi connectivity index (χ4v) is 4.69. The second-order valence-electron chi connectivity index (χ2n) is 9.63. The fraction of sp³-hybridized carbons (Fsp3) is 0.321. The molecule has 0 bridgehead atoms. The number of aromatic nitrogens is 6. The number of fused-ring (bicyclic) bond motifs is 2. The van der Waals surface area contributed by atoms with E-state index in [1.165, 1.54) is 0 Å². The van der Waals surface area contributed by atoms with Crippen molar-refractivity contribution in [3.8, 4) is 22.6 Å². The van der Waals surface area contributed by atoms with Crippen LogP contribution in [0.2, 0.25) is 0 Å². The lowest BCUT2D eigenvalue weighted by Gasteiger charge is -2.22. The predicted octanol–water partition coefficient (Wildman–Crippen LogP) is 5.54. The van der Waals surface area contributed by atoms with Crippen LogP contribution < -0.4 is 10.2 Å². The molecule has 6 rings (SSSR count). The van der Waals surface area contributed by atoms with Gasteiger partial charge in [0.25, 0.3) is 0 Å². The summed E-state index contributed by atoms with van der Waals surface area (Å²) in [6.45, 7) is 6.23. The quantitative estimate of drug-likeness (QED) is 0.248. The fourth-order valence-electron chi connectivity index (χ4n) is 4.69. The smallest absolute Gasteiger partial charge is 0.227 e. The Balaban J connectivity index is 1.36. The van der Waals surface area contributed by atoms with Crippen LogP contribution >= 0.6 is 0 Å². The number of pyridine rings is 2. The van der Waals surface area contributed by atoms with Gasteiger partial charge in [0.15, 0.2) is 5.82 Å². The molecule has 1 saturated carbocycles. The second kappa shape index (κ2) is 9.65. The van der Waals surface area contributed by atoms with E-state index in [1.54, 1.807) is 6.20 Å². The maximum atomic E-state index is 12.2. The molecule has 0 unspecified atom stereocenters. The van der Waals surface area contributed by atoms with Gasteiger partial charge in [-0.25, -0.2) is 4.98 Å². The highest BCUT2D eigenvalue weighted by molar-refractivity contribution is 5.98. The molecule has 1 fully saturated rings. The number of carbonyl (C=O) groups excluding carboxylic acids is 1. The van der Waals surface area contributed by atoms with Crippen LogP contribution in [0, 0.1) is 5.92 Å². The number of benzene rings is 1. The first-order chi connectivity index (χ1) is 18.1. The van der Waals surface area contributed by atoms with Crippen molar-refractivity contribution in [3.05, 3.63) is 49.1 Å². The van der Waals surface area contributed by atoms with Crippen molar-refractivity contribution in [2.24, 2.45) is 5.92 Å². The topological polar surface area (TPSA) is 115 Å². The van der Waals surface area contributed by atoms with E-state index in [1.807, 2.05) is 36.8 Å². The number of unbranched alkanes of at least 4 members (excludes halogenated alkanes) is 1. The molecular formula is C28H30N8O. The highest BCUT2D eigenvalue weighted by atomic mass is 16.2. The Labute approximate surface area is 214 Å². The van der Waals surface area contributed by atoms with Gasteiger partial charge in [-0.3, -0.25) is 19.9 Å². The van der Waals surface area contributed by atoms with Gasteiger partial charge in [-0.05, 0) is 49.9 Å². The zero-order valence-corrected chi connectivity index (χ0v) is 21.1. The molecule has 0 radical (unpaired) electrons. The molecule has 1 aliphatic carbocycles. The van der Waals surface area contributed by atoms with Crippen LogP contribution in [0.3, 0.4) is 0 Å². The minimum absolute atomic E-state index is 0.0709. The summed E-state index contributed by atoms with van der Waals surface area (Å²) in [5.74, 6) is 0.911. The van der Waals surface area contributed by atoms with Crippen LogP contribution in [0.25, 0.3) is 44.6 Å². The summed E-state index contributed by atoms with van der Waals surface area (Å²) in [6.07, 6.45) is 11.4. The van der Waals surface area contributed by atoms with Crippen LogP contribution in [-0.2, 0) is 4.79 Å². The average molecular weight is 495 g/mol. The van der Waals surface area contributed by atoms with Gasteiger partial charge in [-0.1, -0.05) is 19.4 Å². The monoisotopic (exact) mass is 494 g/mol. The van der Waals surface area contributed by atoms with Gasteiger partial charge >= 0.3 is 0 Å². The number of hydrogen-bond donors (Lipinski definition) is 3. The van der Waals surface area contributed by atoms with E-state index in [0.717, 1.165) is 83.2 Å². The molecule has 9 heteroatoms. The van der Waals surface area contributed by atoms with E-state index in [4.69, 9.17) is 4.98 Å². The maximum Gasteiger partial charge on any atom is 0.227 e. The third-order valence-electron chi connectivity index (χ3n) is 6.95. The number of nitrogens with one attached hydrogen (secondary N) is 3. The van der Waals surface area contributed by atoms with Crippen molar-refractivity contribution in [3.63, 3.8) is 0 Å². The first-order valence-corrected chi connectivity index (χ1v) is 13.0. The minimum atomic E-state index is 0.0709. The lowest BCUT2D eigenvalue weighted by molar-refractivity contribution is -0.117. The Morgan fingerprint density at radius 2 is 1.92 bits per heavy atom. The molecule has 0 saturated heterocycles. The molecular weight excluding hydrogens is 464 g/mol. The van der Waals surface area contributed by atoms with Gasteiger partial charge in [0, 0.05) is 36.2 Å². The highest BCUT2D eigenvalue weighted by Gasteiger charge is 2.29. The summed E-state index contributed by atoms with van der Waals surface area (Å²) in [5, 5.41) is 11.7. The van der Waals surface area contributed by atoms with Gasteiger partial charge in [-0.2, -0.15) is 5.10 Å². The molecule has 0 aliphatic heterocycles. The normalized spacial score (nSPS) is 13.4. The molecule has 37 heavy (non-hydrogen) atoms. The van der Waals surface area contributed by atoms with Gasteiger partial charge < -0.3 is 15.2 Å². The first kappa shape index (κ1) is 23.1. The number of imidazole rings is 1. The van der Waals surface area contributed by atoms with E-state index < -0.39 is 0 Å². The Bertz CT molecular complexity index is 1580. The van der Waals surface area contributed by atoms with Crippen LogP contribution in [0.15, 0.2) is 49.1 Å². The Morgan fingerprint density at radius 1 is 1.05 bits per heavy atom. The highest BCUT2D eigenvalue weighted by Crippen LogP contribution is 2.33. The predicted molar refractivity (Wildman–Crippen MR) is 146 cm³/mol. The number of rotatable bonds is 9. The molecule has 3 N–H and O–H groups in total. The minimum Gasteiger partial charge on any atom is -0.369 e. The Morgan fingerprint density at radius 3 is 2.73 bits per heavy atom. The van der Waals surface area contributed by atoms with Crippen molar-refractivity contribution >= 4 is 39.2 Å². The molecule has 0 atom stereocenters. The molecule has 5 aromatic rings. The second-order valence-corrected chi connectivity index (χ2v) is 9.63. The molecule has 188 valence electrons. The molecule has 4 heterocycles. The lowest BCUT2D eigenvalue weighted by Crippen LogP contribution is -2.24. The summed E-state index contributed by atoms with van der Waals surface area (Å²) in [5.41, 5.74) is 7.12. The van der Waals surface area contributed by atoms with Gasteiger partial charge in [0.1, 0.15) is 11.2 Å². The molecule has 1 aliphatic rings. The Kier molecular flexibility index (Phi) is 6.04. The Hall–Kier alpha value is -4.27. The SMILES string of the molecule is CCCCN(CC)c1cncc2[nH]c(-c3n[nH]c4ccc(-c5cncc(NC(=O)C6CC6)c5)cc34)nc12. The number of carbonyl (C=O) groups is 1. The third kappa shape index (κ3) is 4.52. The van der Waals surface area contributed by atoms with Gasteiger partial charge in [0.2, 0.25) is 5.91 Å². The number of nitrogens with zero attached hydrogens (tertiary/aromatic N) is 5. The van der Waals surface area contributed by atoms with Crippen molar-refractivity contribution in [1.82, 2.24) is 30.1 Å². The number of H-pyrrole nitrogens is 2. The summed E-state index contributed by atoms with van der Waals surface area (Å²) < 4.78 is 0. The number of aromatic amines is 2. The third-order valence-corrected chi connectivity index (χ3v) is 6.95. The van der Waals surface area contributed by atoms with E-state index in [2.05, 4.69) is 55.3 Å². The lowest BCUT2D eigenvalue weighted by atomic mass is 10.0.